The van der Waals surface area contributed by atoms with Crippen molar-refractivity contribution in [3.63, 3.8) is 0 Å². The third kappa shape index (κ3) is 2.59. The van der Waals surface area contributed by atoms with Gasteiger partial charge in [-0.15, -0.1) is 0 Å². The number of rotatable bonds is 3. The van der Waals surface area contributed by atoms with Gasteiger partial charge in [-0.3, -0.25) is 0 Å². The third-order valence-corrected chi connectivity index (χ3v) is 2.51. The van der Waals surface area contributed by atoms with Crippen LogP contribution in [0.25, 0.3) is 0 Å². The standard InChI is InChI=1S/C11H10BrNO2/c1-8-6-15-11(13-8)7-14-10-5-3-2-4-9(10)12/h2-6H,7H2,1H3. The lowest BCUT2D eigenvalue weighted by Gasteiger charge is -2.04. The molecule has 0 aliphatic heterocycles. The van der Waals surface area contributed by atoms with E-state index in [1.165, 1.54) is 0 Å². The third-order valence-electron chi connectivity index (χ3n) is 1.85. The summed E-state index contributed by atoms with van der Waals surface area (Å²) in [5.74, 6) is 1.37. The number of benzene rings is 1. The molecule has 0 N–H and O–H groups in total. The van der Waals surface area contributed by atoms with Gasteiger partial charge in [-0.25, -0.2) is 4.98 Å². The molecule has 1 heterocycles. The second kappa shape index (κ2) is 4.49. The number of oxazole rings is 1. The van der Waals surface area contributed by atoms with E-state index >= 15 is 0 Å². The summed E-state index contributed by atoms with van der Waals surface area (Å²) in [7, 11) is 0. The maximum Gasteiger partial charge on any atom is 0.232 e. The Morgan fingerprint density at radius 2 is 2.20 bits per heavy atom. The van der Waals surface area contributed by atoms with Crippen LogP contribution in [0.5, 0.6) is 5.75 Å². The number of aromatic nitrogens is 1. The normalized spacial score (nSPS) is 10.3. The molecule has 0 fully saturated rings. The molecular formula is C11H10BrNO2. The predicted molar refractivity (Wildman–Crippen MR) is 59.7 cm³/mol. The molecule has 0 radical (unpaired) electrons. The van der Waals surface area contributed by atoms with Crippen LogP contribution in [-0.4, -0.2) is 4.98 Å². The van der Waals surface area contributed by atoms with Crippen molar-refractivity contribution in [3.05, 3.63) is 46.6 Å². The molecule has 0 aliphatic rings. The molecular weight excluding hydrogens is 258 g/mol. The van der Waals surface area contributed by atoms with Crippen LogP contribution in [-0.2, 0) is 6.61 Å². The fourth-order valence-corrected chi connectivity index (χ4v) is 1.57. The van der Waals surface area contributed by atoms with Crippen molar-refractivity contribution < 1.29 is 9.15 Å². The molecule has 0 saturated carbocycles. The first-order chi connectivity index (χ1) is 7.25. The molecule has 0 aliphatic carbocycles. The van der Waals surface area contributed by atoms with Crippen LogP contribution in [0, 0.1) is 6.92 Å². The minimum atomic E-state index is 0.344. The van der Waals surface area contributed by atoms with E-state index in [1.807, 2.05) is 31.2 Å². The first-order valence-electron chi connectivity index (χ1n) is 4.54. The van der Waals surface area contributed by atoms with Gasteiger partial charge in [-0.05, 0) is 35.0 Å². The molecule has 2 rings (SSSR count). The highest BCUT2D eigenvalue weighted by Gasteiger charge is 2.03. The second-order valence-corrected chi connectivity index (χ2v) is 3.96. The van der Waals surface area contributed by atoms with Crippen molar-refractivity contribution in [3.8, 4) is 5.75 Å². The van der Waals surface area contributed by atoms with Gasteiger partial charge in [0.2, 0.25) is 5.89 Å². The highest BCUT2D eigenvalue weighted by Crippen LogP contribution is 2.24. The molecule has 15 heavy (non-hydrogen) atoms. The molecule has 0 bridgehead atoms. The van der Waals surface area contributed by atoms with E-state index in [9.17, 15) is 0 Å². The molecule has 2 aromatic rings. The van der Waals surface area contributed by atoms with Gasteiger partial charge >= 0.3 is 0 Å². The Morgan fingerprint density at radius 1 is 1.40 bits per heavy atom. The van der Waals surface area contributed by atoms with E-state index < -0.39 is 0 Å². The molecule has 78 valence electrons. The van der Waals surface area contributed by atoms with Crippen LogP contribution in [0.3, 0.4) is 0 Å². The second-order valence-electron chi connectivity index (χ2n) is 3.10. The molecule has 0 unspecified atom stereocenters. The lowest BCUT2D eigenvalue weighted by Crippen LogP contribution is -1.96. The van der Waals surface area contributed by atoms with E-state index in [2.05, 4.69) is 20.9 Å². The van der Waals surface area contributed by atoms with Crippen molar-refractivity contribution in [2.75, 3.05) is 0 Å². The summed E-state index contributed by atoms with van der Waals surface area (Å²) in [5, 5.41) is 0. The zero-order valence-electron chi connectivity index (χ0n) is 8.24. The zero-order valence-corrected chi connectivity index (χ0v) is 9.82. The molecule has 0 spiro atoms. The first kappa shape index (κ1) is 10.2. The van der Waals surface area contributed by atoms with Gasteiger partial charge in [0.15, 0.2) is 6.61 Å². The van der Waals surface area contributed by atoms with Gasteiger partial charge in [0.25, 0.3) is 0 Å². The summed E-state index contributed by atoms with van der Waals surface area (Å²) in [6.07, 6.45) is 1.61. The van der Waals surface area contributed by atoms with E-state index in [0.29, 0.717) is 12.5 Å². The molecule has 0 saturated heterocycles. The van der Waals surface area contributed by atoms with E-state index in [1.54, 1.807) is 6.26 Å². The van der Waals surface area contributed by atoms with Crippen molar-refractivity contribution in [1.29, 1.82) is 0 Å². The number of aryl methyl sites for hydroxylation is 1. The summed E-state index contributed by atoms with van der Waals surface area (Å²) < 4.78 is 11.6. The van der Waals surface area contributed by atoms with Gasteiger partial charge < -0.3 is 9.15 Å². The molecule has 1 aromatic carbocycles. The topological polar surface area (TPSA) is 35.3 Å². The summed E-state index contributed by atoms with van der Waals surface area (Å²) in [5.41, 5.74) is 0.862. The smallest absolute Gasteiger partial charge is 0.232 e. The number of hydrogen-bond donors (Lipinski definition) is 0. The molecule has 4 heteroatoms. The Kier molecular flexibility index (Phi) is 3.06. The van der Waals surface area contributed by atoms with Crippen LogP contribution >= 0.6 is 15.9 Å². The average molecular weight is 268 g/mol. The quantitative estimate of drug-likeness (QED) is 0.856. The zero-order chi connectivity index (χ0) is 10.7. The fraction of sp³-hybridized carbons (Fsp3) is 0.182. The molecule has 0 atom stereocenters. The summed E-state index contributed by atoms with van der Waals surface area (Å²) in [6, 6.07) is 7.67. The SMILES string of the molecule is Cc1coc(COc2ccccc2Br)n1. The van der Waals surface area contributed by atoms with Crippen LogP contribution in [0.2, 0.25) is 0 Å². The van der Waals surface area contributed by atoms with Crippen LogP contribution in [0.4, 0.5) is 0 Å². The van der Waals surface area contributed by atoms with Crippen LogP contribution in [0.1, 0.15) is 11.6 Å². The van der Waals surface area contributed by atoms with Gasteiger partial charge in [-0.1, -0.05) is 12.1 Å². The Morgan fingerprint density at radius 3 is 2.87 bits per heavy atom. The van der Waals surface area contributed by atoms with Crippen molar-refractivity contribution in [2.45, 2.75) is 13.5 Å². The first-order valence-corrected chi connectivity index (χ1v) is 5.33. The Hall–Kier alpha value is -1.29. The summed E-state index contributed by atoms with van der Waals surface area (Å²) in [6.45, 7) is 2.22. The summed E-state index contributed by atoms with van der Waals surface area (Å²) >= 11 is 3.40. The molecule has 3 nitrogen and oxygen atoms in total. The lowest BCUT2D eigenvalue weighted by molar-refractivity contribution is 0.261. The van der Waals surface area contributed by atoms with Crippen molar-refractivity contribution >= 4 is 15.9 Å². The summed E-state index contributed by atoms with van der Waals surface area (Å²) in [4.78, 5) is 4.15. The minimum absolute atomic E-state index is 0.344. The van der Waals surface area contributed by atoms with Crippen LogP contribution in [0.15, 0.2) is 39.4 Å². The van der Waals surface area contributed by atoms with Gasteiger partial charge in [0.1, 0.15) is 12.0 Å². The van der Waals surface area contributed by atoms with E-state index in [0.717, 1.165) is 15.9 Å². The Balaban J connectivity index is 2.02. The monoisotopic (exact) mass is 267 g/mol. The van der Waals surface area contributed by atoms with Gasteiger partial charge in [0.05, 0.1) is 10.2 Å². The fourth-order valence-electron chi connectivity index (χ4n) is 1.17. The van der Waals surface area contributed by atoms with Gasteiger partial charge in [-0.2, -0.15) is 0 Å². The van der Waals surface area contributed by atoms with Crippen molar-refractivity contribution in [2.24, 2.45) is 0 Å². The van der Waals surface area contributed by atoms with E-state index in [4.69, 9.17) is 9.15 Å². The number of ether oxygens (including phenoxy) is 1. The molecule has 0 amide bonds. The number of hydrogen-bond acceptors (Lipinski definition) is 3. The largest absolute Gasteiger partial charge is 0.483 e. The minimum Gasteiger partial charge on any atom is -0.483 e. The number of halogens is 1. The van der Waals surface area contributed by atoms with Crippen LogP contribution < -0.4 is 4.74 Å². The van der Waals surface area contributed by atoms with Gasteiger partial charge in [0, 0.05) is 0 Å². The number of nitrogens with zero attached hydrogens (tertiary/aromatic N) is 1. The predicted octanol–water partition coefficient (Wildman–Crippen LogP) is 3.32. The number of para-hydroxylation sites is 1. The maximum atomic E-state index is 5.53. The highest BCUT2D eigenvalue weighted by molar-refractivity contribution is 9.10. The Bertz CT molecular complexity index is 453. The maximum absolute atomic E-state index is 5.53. The highest BCUT2D eigenvalue weighted by atomic mass is 79.9. The Labute approximate surface area is 96.2 Å². The molecule has 1 aromatic heterocycles. The van der Waals surface area contributed by atoms with Crippen molar-refractivity contribution in [1.82, 2.24) is 4.98 Å². The van der Waals surface area contributed by atoms with E-state index in [-0.39, 0.29) is 0 Å². The lowest BCUT2D eigenvalue weighted by atomic mass is 10.3. The average Bonchev–Trinajstić information content (AvgIpc) is 2.63.